The Morgan fingerprint density at radius 2 is 1.61 bits per heavy atom. The molecule has 2 aliphatic heterocycles. The smallest absolute Gasteiger partial charge is 0.255 e. The molecule has 0 bridgehead atoms. The Hall–Kier alpha value is -2.24. The third kappa shape index (κ3) is 6.73. The van der Waals surface area contributed by atoms with E-state index >= 15 is 0 Å². The van der Waals surface area contributed by atoms with Gasteiger partial charge in [-0.3, -0.25) is 19.7 Å². The van der Waals surface area contributed by atoms with E-state index in [9.17, 15) is 18.8 Å². The molecule has 1 aromatic carbocycles. The number of nitrogens with zero attached hydrogens (tertiary/aromatic N) is 1. The number of amides is 3. The number of nitrogens with one attached hydrogen (secondary N) is 1. The van der Waals surface area contributed by atoms with Gasteiger partial charge in [-0.05, 0) is 36.5 Å². The molecule has 5 nitrogen and oxygen atoms in total. The maximum absolute atomic E-state index is 13.5. The molecule has 6 heteroatoms. The highest BCUT2D eigenvalue weighted by atomic mass is 19.1. The van der Waals surface area contributed by atoms with E-state index in [4.69, 9.17) is 0 Å². The number of piperidine rings is 1. The zero-order valence-corrected chi connectivity index (χ0v) is 18.5. The molecular weight excluding hydrogens is 359 g/mol. The Balaban J connectivity index is 0.000000797. The maximum atomic E-state index is 13.5. The lowest BCUT2D eigenvalue weighted by Crippen LogP contribution is -2.52. The van der Waals surface area contributed by atoms with Crippen molar-refractivity contribution in [2.75, 3.05) is 0 Å². The van der Waals surface area contributed by atoms with E-state index in [-0.39, 0.29) is 24.8 Å². The quantitative estimate of drug-likeness (QED) is 0.707. The fourth-order valence-corrected chi connectivity index (χ4v) is 2.71. The summed E-state index contributed by atoms with van der Waals surface area (Å²) >= 11 is 0. The van der Waals surface area contributed by atoms with E-state index in [0.717, 1.165) is 11.5 Å². The monoisotopic (exact) mass is 394 g/mol. The van der Waals surface area contributed by atoms with Crippen LogP contribution in [0.3, 0.4) is 0 Å². The zero-order chi connectivity index (χ0) is 22.0. The first-order valence-corrected chi connectivity index (χ1v) is 10.1. The third-order valence-corrected chi connectivity index (χ3v) is 3.80. The minimum absolute atomic E-state index is 0.212. The van der Waals surface area contributed by atoms with Crippen LogP contribution in [-0.4, -0.2) is 28.7 Å². The number of carbonyl (C=O) groups excluding carboxylic acids is 3. The van der Waals surface area contributed by atoms with Crippen LogP contribution in [0.1, 0.15) is 82.8 Å². The number of imide groups is 1. The van der Waals surface area contributed by atoms with Crippen LogP contribution in [0.4, 0.5) is 4.39 Å². The summed E-state index contributed by atoms with van der Waals surface area (Å²) in [5, 5.41) is 2.23. The molecule has 0 aromatic heterocycles. The number of halogens is 1. The number of aryl methyl sites for hydroxylation is 1. The number of fused-ring (bicyclic) bond motifs is 1. The maximum Gasteiger partial charge on any atom is 0.255 e. The molecule has 1 fully saturated rings. The van der Waals surface area contributed by atoms with Gasteiger partial charge in [-0.1, -0.05) is 54.5 Å². The van der Waals surface area contributed by atoms with Gasteiger partial charge in [-0.15, -0.1) is 0 Å². The van der Waals surface area contributed by atoms with Gasteiger partial charge in [-0.25, -0.2) is 4.39 Å². The number of hydrogen-bond acceptors (Lipinski definition) is 3. The molecule has 158 valence electrons. The molecule has 28 heavy (non-hydrogen) atoms. The standard InChI is InChI=1S/C14H13FN2O3.C4H10.2C2H6/c1-7-4-8-6-17(14(20)9(8)5-10(7)15)11-2-3-12(18)16-13(11)19;1-4(2)3;2*1-2/h4-5,11H,2-3,6H2,1H3,(H,16,18,19);4H,1-3H3;2*1-2H3. The summed E-state index contributed by atoms with van der Waals surface area (Å²) < 4.78 is 13.5. The van der Waals surface area contributed by atoms with Crippen LogP contribution in [0, 0.1) is 18.7 Å². The molecule has 1 aromatic rings. The first-order valence-electron chi connectivity index (χ1n) is 10.1. The van der Waals surface area contributed by atoms with Crippen molar-refractivity contribution in [1.29, 1.82) is 0 Å². The van der Waals surface area contributed by atoms with E-state index < -0.39 is 17.8 Å². The predicted molar refractivity (Wildman–Crippen MR) is 110 cm³/mol. The summed E-state index contributed by atoms with van der Waals surface area (Å²) in [6.45, 7) is 16.4. The van der Waals surface area contributed by atoms with Crippen LogP contribution in [0.15, 0.2) is 12.1 Å². The molecule has 3 amide bonds. The van der Waals surface area contributed by atoms with E-state index in [0.29, 0.717) is 17.5 Å². The first-order chi connectivity index (χ1) is 13.2. The summed E-state index contributed by atoms with van der Waals surface area (Å²) in [7, 11) is 0. The lowest BCUT2D eigenvalue weighted by molar-refractivity contribution is -0.136. The van der Waals surface area contributed by atoms with Crippen molar-refractivity contribution in [2.24, 2.45) is 5.92 Å². The Morgan fingerprint density at radius 1 is 1.07 bits per heavy atom. The van der Waals surface area contributed by atoms with E-state index in [1.807, 2.05) is 27.7 Å². The molecule has 2 heterocycles. The highest BCUT2D eigenvalue weighted by Crippen LogP contribution is 2.29. The van der Waals surface area contributed by atoms with Gasteiger partial charge in [0.25, 0.3) is 5.91 Å². The second-order valence-corrected chi connectivity index (χ2v) is 6.89. The van der Waals surface area contributed by atoms with Crippen LogP contribution in [-0.2, 0) is 16.1 Å². The summed E-state index contributed by atoms with van der Waals surface area (Å²) in [4.78, 5) is 36.6. The van der Waals surface area contributed by atoms with Gasteiger partial charge in [-0.2, -0.15) is 0 Å². The SMILES string of the molecule is CC.CC.CC(C)C.Cc1cc2c(cc1F)C(=O)N(C1CCC(=O)NC1=O)C2. The Labute approximate surface area is 168 Å². The summed E-state index contributed by atoms with van der Waals surface area (Å²) in [6.07, 6.45) is 0.524. The fourth-order valence-electron chi connectivity index (χ4n) is 2.71. The first kappa shape index (κ1) is 25.8. The van der Waals surface area contributed by atoms with E-state index in [1.54, 1.807) is 13.0 Å². The van der Waals surface area contributed by atoms with Gasteiger partial charge in [0, 0.05) is 18.5 Å². The van der Waals surface area contributed by atoms with E-state index in [1.165, 1.54) is 11.0 Å². The van der Waals surface area contributed by atoms with Crippen LogP contribution >= 0.6 is 0 Å². The highest BCUT2D eigenvalue weighted by molar-refractivity contribution is 6.05. The summed E-state index contributed by atoms with van der Waals surface area (Å²) in [5.41, 5.74) is 1.50. The van der Waals surface area contributed by atoms with Crippen LogP contribution in [0.5, 0.6) is 0 Å². The van der Waals surface area contributed by atoms with Crippen LogP contribution in [0.2, 0.25) is 0 Å². The third-order valence-electron chi connectivity index (χ3n) is 3.80. The molecule has 0 aliphatic carbocycles. The second kappa shape index (κ2) is 12.3. The highest BCUT2D eigenvalue weighted by Gasteiger charge is 2.39. The minimum atomic E-state index is -0.657. The van der Waals surface area contributed by atoms with Gasteiger partial charge in [0.1, 0.15) is 11.9 Å². The van der Waals surface area contributed by atoms with Crippen molar-refractivity contribution in [1.82, 2.24) is 10.2 Å². The number of hydrogen-bond donors (Lipinski definition) is 1. The van der Waals surface area contributed by atoms with Crippen molar-refractivity contribution < 1.29 is 18.8 Å². The lowest BCUT2D eigenvalue weighted by atomic mass is 10.0. The molecule has 1 atom stereocenters. The largest absolute Gasteiger partial charge is 0.322 e. The van der Waals surface area contributed by atoms with Gasteiger partial charge in [0.05, 0.1) is 0 Å². The molecule has 1 saturated heterocycles. The number of carbonyl (C=O) groups is 3. The van der Waals surface area contributed by atoms with Gasteiger partial charge in [0.2, 0.25) is 11.8 Å². The number of rotatable bonds is 1. The van der Waals surface area contributed by atoms with Gasteiger partial charge >= 0.3 is 0 Å². The zero-order valence-electron chi connectivity index (χ0n) is 18.5. The normalized spacial score (nSPS) is 17.4. The molecule has 3 rings (SSSR count). The molecule has 0 spiro atoms. The molecule has 1 unspecified atom stereocenters. The van der Waals surface area contributed by atoms with Gasteiger partial charge < -0.3 is 4.90 Å². The molecule has 1 N–H and O–H groups in total. The van der Waals surface area contributed by atoms with E-state index in [2.05, 4.69) is 26.1 Å². The minimum Gasteiger partial charge on any atom is -0.322 e. The molecule has 0 saturated carbocycles. The average molecular weight is 395 g/mol. The topological polar surface area (TPSA) is 66.5 Å². The van der Waals surface area contributed by atoms with Crippen molar-refractivity contribution >= 4 is 17.7 Å². The summed E-state index contributed by atoms with van der Waals surface area (Å²) in [6, 6.07) is 2.20. The fraction of sp³-hybridized carbons (Fsp3) is 0.591. The number of benzene rings is 1. The van der Waals surface area contributed by atoms with Crippen molar-refractivity contribution in [2.45, 2.75) is 80.8 Å². The molecular formula is C22H35FN2O3. The Morgan fingerprint density at radius 3 is 2.11 bits per heavy atom. The summed E-state index contributed by atoms with van der Waals surface area (Å²) in [5.74, 6) is -0.729. The van der Waals surface area contributed by atoms with Crippen molar-refractivity contribution in [3.63, 3.8) is 0 Å². The van der Waals surface area contributed by atoms with Crippen LogP contribution < -0.4 is 5.32 Å². The average Bonchev–Trinajstić information content (AvgIpc) is 2.94. The lowest BCUT2D eigenvalue weighted by Gasteiger charge is -2.29. The van der Waals surface area contributed by atoms with Crippen LogP contribution in [0.25, 0.3) is 0 Å². The molecule has 0 radical (unpaired) electrons. The Kier molecular flexibility index (Phi) is 11.3. The van der Waals surface area contributed by atoms with Gasteiger partial charge in [0.15, 0.2) is 0 Å². The predicted octanol–water partition coefficient (Wildman–Crippen LogP) is 4.61. The second-order valence-electron chi connectivity index (χ2n) is 6.89. The Bertz CT molecular complexity index is 684. The molecule has 2 aliphatic rings. The van der Waals surface area contributed by atoms with Crippen molar-refractivity contribution in [3.05, 3.63) is 34.6 Å². The van der Waals surface area contributed by atoms with Crippen molar-refractivity contribution in [3.8, 4) is 0 Å².